The summed E-state index contributed by atoms with van der Waals surface area (Å²) in [5.41, 5.74) is 1.12. The van der Waals surface area contributed by atoms with E-state index >= 15 is 0 Å². The second-order valence-corrected chi connectivity index (χ2v) is 5.40. The predicted molar refractivity (Wildman–Crippen MR) is 80.4 cm³/mol. The maximum absolute atomic E-state index is 13.0. The number of carbonyl (C=O) groups is 2. The molecule has 2 aromatic rings. The zero-order valence-electron chi connectivity index (χ0n) is 11.6. The van der Waals surface area contributed by atoms with Crippen molar-refractivity contribution in [3.8, 4) is 0 Å². The van der Waals surface area contributed by atoms with Gasteiger partial charge in [-0.2, -0.15) is 0 Å². The van der Waals surface area contributed by atoms with Crippen LogP contribution in [0.3, 0.4) is 0 Å². The zero-order valence-corrected chi connectivity index (χ0v) is 12.4. The molecule has 0 aliphatic rings. The third-order valence-corrected chi connectivity index (χ3v) is 3.81. The van der Waals surface area contributed by atoms with Crippen LogP contribution in [0.1, 0.15) is 22.3 Å². The fourth-order valence-corrected chi connectivity index (χ4v) is 2.60. The Morgan fingerprint density at radius 1 is 1.38 bits per heavy atom. The minimum Gasteiger partial charge on any atom is -0.376 e. The topological polar surface area (TPSA) is 71.1 Å². The van der Waals surface area contributed by atoms with Gasteiger partial charge < -0.3 is 10.6 Å². The Balaban J connectivity index is 1.93. The van der Waals surface area contributed by atoms with Crippen LogP contribution in [0.25, 0.3) is 0 Å². The number of hydrogen-bond donors (Lipinski definition) is 2. The lowest BCUT2D eigenvalue weighted by atomic mass is 10.3. The van der Waals surface area contributed by atoms with Gasteiger partial charge in [-0.3, -0.25) is 9.59 Å². The van der Waals surface area contributed by atoms with Crippen LogP contribution in [0.2, 0.25) is 0 Å². The van der Waals surface area contributed by atoms with Gasteiger partial charge in [0, 0.05) is 12.6 Å². The maximum Gasteiger partial charge on any atom is 0.245 e. The molecule has 0 aliphatic heterocycles. The van der Waals surface area contributed by atoms with Crippen molar-refractivity contribution in [1.82, 2.24) is 4.98 Å². The second kappa shape index (κ2) is 6.45. The Labute approximate surface area is 125 Å². The van der Waals surface area contributed by atoms with Gasteiger partial charge in [-0.05, 0) is 25.1 Å². The van der Waals surface area contributed by atoms with Gasteiger partial charge in [0.15, 0.2) is 10.9 Å². The normalized spacial score (nSPS) is 10.2. The highest BCUT2D eigenvalue weighted by Crippen LogP contribution is 2.22. The van der Waals surface area contributed by atoms with Gasteiger partial charge in [-0.25, -0.2) is 9.37 Å². The fourth-order valence-electron chi connectivity index (χ4n) is 1.72. The Morgan fingerprint density at radius 2 is 2.14 bits per heavy atom. The van der Waals surface area contributed by atoms with Crippen molar-refractivity contribution in [3.63, 3.8) is 0 Å². The first-order chi connectivity index (χ1) is 9.95. The third kappa shape index (κ3) is 4.09. The number of aromatic nitrogens is 1. The van der Waals surface area contributed by atoms with Crippen LogP contribution in [-0.4, -0.2) is 23.2 Å². The largest absolute Gasteiger partial charge is 0.376 e. The van der Waals surface area contributed by atoms with Crippen molar-refractivity contribution in [2.75, 3.05) is 17.2 Å². The first-order valence-electron chi connectivity index (χ1n) is 6.23. The summed E-state index contributed by atoms with van der Waals surface area (Å²) in [6.45, 7) is 3.16. The van der Waals surface area contributed by atoms with Crippen LogP contribution in [-0.2, 0) is 4.79 Å². The summed E-state index contributed by atoms with van der Waals surface area (Å²) in [5.74, 6) is -0.770. The van der Waals surface area contributed by atoms with E-state index in [0.29, 0.717) is 21.4 Å². The van der Waals surface area contributed by atoms with Crippen LogP contribution in [0, 0.1) is 12.7 Å². The molecule has 21 heavy (non-hydrogen) atoms. The molecule has 0 saturated carbocycles. The van der Waals surface area contributed by atoms with Crippen molar-refractivity contribution in [3.05, 3.63) is 40.7 Å². The van der Waals surface area contributed by atoms with Crippen molar-refractivity contribution in [2.24, 2.45) is 0 Å². The quantitative estimate of drug-likeness (QED) is 0.833. The van der Waals surface area contributed by atoms with E-state index in [4.69, 9.17) is 0 Å². The molecule has 1 aromatic heterocycles. The Kier molecular flexibility index (Phi) is 4.64. The van der Waals surface area contributed by atoms with Gasteiger partial charge in [0.2, 0.25) is 5.91 Å². The molecule has 0 atom stereocenters. The highest BCUT2D eigenvalue weighted by Gasteiger charge is 2.13. The summed E-state index contributed by atoms with van der Waals surface area (Å²) in [7, 11) is 0. The van der Waals surface area contributed by atoms with Gasteiger partial charge in [0.25, 0.3) is 0 Å². The smallest absolute Gasteiger partial charge is 0.245 e. The number of thiazole rings is 1. The molecule has 0 unspecified atom stereocenters. The summed E-state index contributed by atoms with van der Waals surface area (Å²) in [5, 5.41) is 5.79. The minimum absolute atomic E-state index is 0.0164. The van der Waals surface area contributed by atoms with E-state index in [2.05, 4.69) is 15.6 Å². The molecule has 2 N–H and O–H groups in total. The summed E-state index contributed by atoms with van der Waals surface area (Å²) >= 11 is 1.14. The molecular weight excluding hydrogens is 293 g/mol. The van der Waals surface area contributed by atoms with Gasteiger partial charge >= 0.3 is 0 Å². The number of amides is 1. The minimum atomic E-state index is -0.373. The molecule has 7 heteroatoms. The molecule has 0 radical (unpaired) electrons. The van der Waals surface area contributed by atoms with Gasteiger partial charge in [0.1, 0.15) is 5.82 Å². The average Bonchev–Trinajstić information content (AvgIpc) is 2.77. The molecule has 0 saturated heterocycles. The number of ketones is 1. The molecule has 0 fully saturated rings. The van der Waals surface area contributed by atoms with E-state index in [1.807, 2.05) is 0 Å². The van der Waals surface area contributed by atoms with E-state index < -0.39 is 0 Å². The van der Waals surface area contributed by atoms with Crippen molar-refractivity contribution in [2.45, 2.75) is 13.8 Å². The molecular formula is C14H14FN3O2S. The fraction of sp³-hybridized carbons (Fsp3) is 0.214. The van der Waals surface area contributed by atoms with E-state index in [0.717, 1.165) is 11.3 Å². The van der Waals surface area contributed by atoms with E-state index in [1.54, 1.807) is 19.1 Å². The molecule has 0 aliphatic carbocycles. The van der Waals surface area contributed by atoms with Gasteiger partial charge in [-0.1, -0.05) is 17.4 Å². The number of aryl methyl sites for hydroxylation is 1. The molecule has 2 rings (SSSR count). The number of nitrogens with zero attached hydrogens (tertiary/aromatic N) is 1. The lowest BCUT2D eigenvalue weighted by molar-refractivity contribution is -0.114. The highest BCUT2D eigenvalue weighted by atomic mass is 32.1. The number of rotatable bonds is 5. The maximum atomic E-state index is 13.0. The number of anilines is 2. The molecule has 1 amide bonds. The molecule has 5 nitrogen and oxygen atoms in total. The molecule has 0 spiro atoms. The van der Waals surface area contributed by atoms with Gasteiger partial charge in [-0.15, -0.1) is 0 Å². The SMILES string of the molecule is CC(=O)c1sc(NC(=O)CNc2cccc(F)c2)nc1C. The number of benzene rings is 1. The molecule has 110 valence electrons. The average molecular weight is 307 g/mol. The van der Waals surface area contributed by atoms with Gasteiger partial charge in [0.05, 0.1) is 17.1 Å². The number of halogens is 1. The van der Waals surface area contributed by atoms with E-state index in [9.17, 15) is 14.0 Å². The molecule has 0 bridgehead atoms. The highest BCUT2D eigenvalue weighted by molar-refractivity contribution is 7.17. The summed E-state index contributed by atoms with van der Waals surface area (Å²) in [4.78, 5) is 27.7. The Morgan fingerprint density at radius 3 is 2.76 bits per heavy atom. The first kappa shape index (κ1) is 15.1. The van der Waals surface area contributed by atoms with E-state index in [-0.39, 0.29) is 24.1 Å². The summed E-state index contributed by atoms with van der Waals surface area (Å²) in [6.07, 6.45) is 0. The number of hydrogen-bond acceptors (Lipinski definition) is 5. The lowest BCUT2D eigenvalue weighted by Gasteiger charge is -2.05. The second-order valence-electron chi connectivity index (χ2n) is 4.40. The summed E-state index contributed by atoms with van der Waals surface area (Å²) < 4.78 is 13.0. The lowest BCUT2D eigenvalue weighted by Crippen LogP contribution is -2.21. The van der Waals surface area contributed by atoms with Crippen LogP contribution in [0.5, 0.6) is 0 Å². The molecule has 1 heterocycles. The molecule has 1 aromatic carbocycles. The van der Waals surface area contributed by atoms with E-state index in [1.165, 1.54) is 19.1 Å². The standard InChI is InChI=1S/C14H14FN3O2S/c1-8-13(9(2)19)21-14(17-8)18-12(20)7-16-11-5-3-4-10(15)6-11/h3-6,16H,7H2,1-2H3,(H,17,18,20). The Hall–Kier alpha value is -2.28. The van der Waals surface area contributed by atoms with Crippen molar-refractivity contribution >= 4 is 33.8 Å². The van der Waals surface area contributed by atoms with Crippen LogP contribution in [0.15, 0.2) is 24.3 Å². The van der Waals surface area contributed by atoms with Crippen molar-refractivity contribution in [1.29, 1.82) is 0 Å². The van der Waals surface area contributed by atoms with Crippen molar-refractivity contribution < 1.29 is 14.0 Å². The monoisotopic (exact) mass is 307 g/mol. The zero-order chi connectivity index (χ0) is 15.4. The first-order valence-corrected chi connectivity index (χ1v) is 7.05. The predicted octanol–water partition coefficient (Wildman–Crippen LogP) is 2.84. The van der Waals surface area contributed by atoms with Crippen LogP contribution >= 0.6 is 11.3 Å². The third-order valence-electron chi connectivity index (χ3n) is 2.64. The number of Topliss-reactive ketones (excluding diaryl/α,β-unsaturated/α-hetero) is 1. The van der Waals surface area contributed by atoms with Crippen LogP contribution in [0.4, 0.5) is 15.2 Å². The number of nitrogens with one attached hydrogen (secondary N) is 2. The number of carbonyl (C=O) groups excluding carboxylic acids is 2. The summed E-state index contributed by atoms with van der Waals surface area (Å²) in [6, 6.07) is 5.85. The Bertz CT molecular complexity index is 685. The van der Waals surface area contributed by atoms with Crippen LogP contribution < -0.4 is 10.6 Å².